The molecule has 2 nitrogen and oxygen atoms in total. The zero-order valence-corrected chi connectivity index (χ0v) is 17.6. The third kappa shape index (κ3) is 3.60. The number of hydrogen-bond donors (Lipinski definition) is 1. The van der Waals surface area contributed by atoms with Crippen molar-refractivity contribution in [1.29, 1.82) is 0 Å². The predicted molar refractivity (Wildman–Crippen MR) is 120 cm³/mol. The largest absolute Gasteiger partial charge is 0.325 e. The van der Waals surface area contributed by atoms with Crippen LogP contribution in [0.2, 0.25) is 0 Å². The SMILES string of the molecule is Cc1nc2cccc(-c3ccc(C)c(SNc4c(C)cccc4C)c3)c2s1. The van der Waals surface area contributed by atoms with Crippen LogP contribution in [0.3, 0.4) is 0 Å². The number of aromatic nitrogens is 1. The number of para-hydroxylation sites is 1. The Balaban J connectivity index is 1.69. The van der Waals surface area contributed by atoms with Crippen LogP contribution >= 0.6 is 23.3 Å². The van der Waals surface area contributed by atoms with Crippen LogP contribution in [0.15, 0.2) is 59.5 Å². The highest BCUT2D eigenvalue weighted by atomic mass is 32.2. The van der Waals surface area contributed by atoms with Gasteiger partial charge in [0.1, 0.15) is 0 Å². The van der Waals surface area contributed by atoms with Gasteiger partial charge in [0.05, 0.1) is 20.9 Å². The van der Waals surface area contributed by atoms with Crippen molar-refractivity contribution in [1.82, 2.24) is 4.98 Å². The first-order valence-corrected chi connectivity index (χ1v) is 10.6. The topological polar surface area (TPSA) is 24.9 Å². The Bertz CT molecular complexity index is 1110. The van der Waals surface area contributed by atoms with E-state index < -0.39 is 0 Å². The van der Waals surface area contributed by atoms with Gasteiger partial charge in [0.2, 0.25) is 0 Å². The number of thiazole rings is 1. The second-order valence-corrected chi connectivity index (χ2v) is 8.89. The van der Waals surface area contributed by atoms with Gasteiger partial charge in [0, 0.05) is 10.5 Å². The van der Waals surface area contributed by atoms with Gasteiger partial charge < -0.3 is 4.72 Å². The summed E-state index contributed by atoms with van der Waals surface area (Å²) in [6, 6.07) is 19.5. The molecule has 0 radical (unpaired) electrons. The predicted octanol–water partition coefficient (Wildman–Crippen LogP) is 7.32. The molecule has 0 fully saturated rings. The molecule has 0 bridgehead atoms. The molecule has 0 saturated heterocycles. The summed E-state index contributed by atoms with van der Waals surface area (Å²) < 4.78 is 4.83. The van der Waals surface area contributed by atoms with Crippen LogP contribution in [0.5, 0.6) is 0 Å². The molecule has 1 N–H and O–H groups in total. The Morgan fingerprint density at radius 1 is 0.852 bits per heavy atom. The average molecular weight is 391 g/mol. The summed E-state index contributed by atoms with van der Waals surface area (Å²) in [7, 11) is 0. The third-order valence-electron chi connectivity index (χ3n) is 4.77. The normalized spacial score (nSPS) is 11.1. The Labute approximate surface area is 168 Å². The second-order valence-electron chi connectivity index (χ2n) is 6.84. The number of fused-ring (bicyclic) bond motifs is 1. The van der Waals surface area contributed by atoms with Crippen molar-refractivity contribution in [2.24, 2.45) is 0 Å². The monoisotopic (exact) mass is 390 g/mol. The van der Waals surface area contributed by atoms with Crippen molar-refractivity contribution in [2.45, 2.75) is 32.6 Å². The second kappa shape index (κ2) is 7.37. The molecule has 136 valence electrons. The molecule has 0 aliphatic rings. The van der Waals surface area contributed by atoms with Crippen molar-refractivity contribution in [3.63, 3.8) is 0 Å². The van der Waals surface area contributed by atoms with Gasteiger partial charge in [0.15, 0.2) is 0 Å². The van der Waals surface area contributed by atoms with E-state index in [0.29, 0.717) is 0 Å². The van der Waals surface area contributed by atoms with Crippen LogP contribution in [0.4, 0.5) is 5.69 Å². The van der Waals surface area contributed by atoms with Crippen LogP contribution in [-0.4, -0.2) is 4.98 Å². The fraction of sp³-hybridized carbons (Fsp3) is 0.174. The summed E-state index contributed by atoms with van der Waals surface area (Å²) in [6.07, 6.45) is 0. The lowest BCUT2D eigenvalue weighted by Crippen LogP contribution is -1.94. The van der Waals surface area contributed by atoms with E-state index in [1.54, 1.807) is 23.3 Å². The number of aryl methyl sites for hydroxylation is 4. The summed E-state index contributed by atoms with van der Waals surface area (Å²) >= 11 is 3.45. The van der Waals surface area contributed by atoms with Crippen molar-refractivity contribution in [3.05, 3.63) is 76.3 Å². The molecular formula is C23H22N2S2. The fourth-order valence-corrected chi connectivity index (χ4v) is 5.15. The zero-order valence-electron chi connectivity index (χ0n) is 16.0. The van der Waals surface area contributed by atoms with Gasteiger partial charge >= 0.3 is 0 Å². The van der Waals surface area contributed by atoms with E-state index in [0.717, 1.165) is 10.5 Å². The van der Waals surface area contributed by atoms with Crippen molar-refractivity contribution in [2.75, 3.05) is 4.72 Å². The first-order valence-electron chi connectivity index (χ1n) is 8.99. The Morgan fingerprint density at radius 2 is 1.59 bits per heavy atom. The maximum atomic E-state index is 4.64. The van der Waals surface area contributed by atoms with E-state index in [2.05, 4.69) is 92.0 Å². The summed E-state index contributed by atoms with van der Waals surface area (Å²) in [5.41, 5.74) is 8.58. The maximum Gasteiger partial charge on any atom is 0.0907 e. The van der Waals surface area contributed by atoms with Crippen molar-refractivity contribution < 1.29 is 0 Å². The number of rotatable bonds is 4. The minimum Gasteiger partial charge on any atom is -0.325 e. The minimum atomic E-state index is 1.08. The van der Waals surface area contributed by atoms with E-state index >= 15 is 0 Å². The van der Waals surface area contributed by atoms with E-state index in [-0.39, 0.29) is 0 Å². The fourth-order valence-electron chi connectivity index (χ4n) is 3.25. The highest BCUT2D eigenvalue weighted by Crippen LogP contribution is 2.36. The van der Waals surface area contributed by atoms with Gasteiger partial charge in [-0.15, -0.1) is 11.3 Å². The molecule has 4 heteroatoms. The molecule has 1 aromatic heterocycles. The van der Waals surface area contributed by atoms with Gasteiger partial charge in [-0.2, -0.15) is 0 Å². The lowest BCUT2D eigenvalue weighted by Gasteiger charge is -2.14. The molecule has 27 heavy (non-hydrogen) atoms. The molecular weight excluding hydrogens is 368 g/mol. The van der Waals surface area contributed by atoms with Gasteiger partial charge in [-0.05, 0) is 74.0 Å². The first-order chi connectivity index (χ1) is 13.0. The van der Waals surface area contributed by atoms with Crippen molar-refractivity contribution >= 4 is 39.2 Å². The smallest absolute Gasteiger partial charge is 0.0907 e. The quantitative estimate of drug-likeness (QED) is 0.370. The lowest BCUT2D eigenvalue weighted by atomic mass is 10.0. The number of hydrogen-bond acceptors (Lipinski definition) is 4. The van der Waals surface area contributed by atoms with Crippen molar-refractivity contribution in [3.8, 4) is 11.1 Å². The number of benzene rings is 3. The zero-order chi connectivity index (χ0) is 19.0. The molecule has 0 unspecified atom stereocenters. The summed E-state index contributed by atoms with van der Waals surface area (Å²) in [5, 5.41) is 1.11. The number of nitrogens with one attached hydrogen (secondary N) is 1. The molecule has 3 aromatic carbocycles. The standard InChI is InChI=1S/C23H22N2S2/c1-14-11-12-18(19-9-6-10-20-23(19)26-17(4)24-20)13-21(14)27-25-22-15(2)7-5-8-16(22)3/h5-13,25H,1-4H3. The summed E-state index contributed by atoms with van der Waals surface area (Å²) in [4.78, 5) is 5.88. The van der Waals surface area contributed by atoms with Crippen LogP contribution < -0.4 is 4.72 Å². The number of nitrogens with zero attached hydrogens (tertiary/aromatic N) is 1. The molecule has 1 heterocycles. The Hall–Kier alpha value is -2.30. The van der Waals surface area contributed by atoms with Gasteiger partial charge in [0.25, 0.3) is 0 Å². The van der Waals surface area contributed by atoms with Crippen LogP contribution in [0.25, 0.3) is 21.3 Å². The molecule has 0 amide bonds. The molecule has 0 atom stereocenters. The average Bonchev–Trinajstić information content (AvgIpc) is 3.03. The summed E-state index contributed by atoms with van der Waals surface area (Å²) in [5.74, 6) is 0. The van der Waals surface area contributed by atoms with Crippen LogP contribution in [0, 0.1) is 27.7 Å². The highest BCUT2D eigenvalue weighted by Gasteiger charge is 2.10. The first kappa shape index (κ1) is 18.1. The van der Waals surface area contributed by atoms with Crippen LogP contribution in [0.1, 0.15) is 21.7 Å². The van der Waals surface area contributed by atoms with Crippen LogP contribution in [-0.2, 0) is 0 Å². The molecule has 0 saturated carbocycles. The third-order valence-corrected chi connectivity index (χ3v) is 6.75. The molecule has 4 rings (SSSR count). The molecule has 0 spiro atoms. The van der Waals surface area contributed by atoms with Gasteiger partial charge in [-0.1, -0.05) is 42.5 Å². The molecule has 0 aliphatic carbocycles. The minimum absolute atomic E-state index is 1.08. The number of anilines is 1. The molecule has 0 aliphatic heterocycles. The Kier molecular flexibility index (Phi) is 4.94. The van der Waals surface area contributed by atoms with Gasteiger partial charge in [-0.25, -0.2) is 4.98 Å². The molecule has 4 aromatic rings. The van der Waals surface area contributed by atoms with E-state index in [1.165, 1.54) is 43.1 Å². The van der Waals surface area contributed by atoms with E-state index in [9.17, 15) is 0 Å². The Morgan fingerprint density at radius 3 is 2.37 bits per heavy atom. The maximum absolute atomic E-state index is 4.64. The lowest BCUT2D eigenvalue weighted by molar-refractivity contribution is 1.30. The van der Waals surface area contributed by atoms with Gasteiger partial charge in [-0.3, -0.25) is 0 Å². The van der Waals surface area contributed by atoms with E-state index in [4.69, 9.17) is 0 Å². The summed E-state index contributed by atoms with van der Waals surface area (Å²) in [6.45, 7) is 8.52. The van der Waals surface area contributed by atoms with E-state index in [1.807, 2.05) is 0 Å². The highest BCUT2D eigenvalue weighted by molar-refractivity contribution is 8.00.